The summed E-state index contributed by atoms with van der Waals surface area (Å²) < 4.78 is 7.17. The average molecular weight is 582 g/mol. The van der Waals surface area contributed by atoms with Gasteiger partial charge in [-0.1, -0.05) is 10.3 Å². The molecule has 3 aromatic heterocycles. The maximum Gasteiger partial charge on any atom is 1.00 e. The van der Waals surface area contributed by atoms with E-state index in [1.165, 1.54) is 0 Å². The van der Waals surface area contributed by atoms with E-state index in [0.717, 1.165) is 28.2 Å². The fraction of sp³-hybridized carbons (Fsp3) is 0.250. The van der Waals surface area contributed by atoms with E-state index < -0.39 is 46.8 Å². The monoisotopic (exact) mass is 581 g/mol. The van der Waals surface area contributed by atoms with Crippen LogP contribution in [-0.2, 0) is 30.6 Å². The van der Waals surface area contributed by atoms with Crippen LogP contribution < -0.4 is 55.4 Å². The molecule has 2 aliphatic rings. The Kier molecular flexibility index (Phi) is 8.50. The van der Waals surface area contributed by atoms with Gasteiger partial charge in [-0.05, 0) is 6.07 Å². The molecule has 0 aliphatic carbocycles. The zero-order valence-corrected chi connectivity index (χ0v) is 23.7. The molecule has 0 radical (unpaired) electrons. The summed E-state index contributed by atoms with van der Waals surface area (Å²) in [5, 5.41) is 31.9. The normalized spacial score (nSPS) is 18.7. The first-order valence-corrected chi connectivity index (χ1v) is 12.5. The number of carbonyl (C=O) groups excluding carboxylic acids is 4. The molecule has 1 fully saturated rings. The summed E-state index contributed by atoms with van der Waals surface area (Å²) in [7, 11) is 0. The van der Waals surface area contributed by atoms with Crippen LogP contribution in [0.5, 0.6) is 0 Å². The van der Waals surface area contributed by atoms with Crippen LogP contribution in [0.3, 0.4) is 0 Å². The van der Waals surface area contributed by atoms with Gasteiger partial charge in [0.25, 0.3) is 5.91 Å². The fourth-order valence-electron chi connectivity index (χ4n) is 3.90. The summed E-state index contributed by atoms with van der Waals surface area (Å²) in [4.78, 5) is 58.3. The van der Waals surface area contributed by atoms with E-state index in [1.807, 2.05) is 0 Å². The second-order valence-corrected chi connectivity index (χ2v) is 9.94. The Hall–Kier alpha value is -3.58. The number of hydrogen-bond acceptors (Lipinski definition) is 14. The molecule has 16 nitrogen and oxygen atoms in total. The molecule has 5 rings (SSSR count). The zero-order valence-electron chi connectivity index (χ0n) is 20.0. The number of nitrogens with two attached hydrogens (primary N) is 1. The summed E-state index contributed by atoms with van der Waals surface area (Å²) in [6, 6.07) is 3.46. The summed E-state index contributed by atoms with van der Waals surface area (Å²) in [5.41, 5.74) is 5.54. The molecule has 3 aromatic rings. The number of aliphatic carboxylic acids is 2. The Morgan fingerprint density at radius 2 is 2.13 bits per heavy atom. The van der Waals surface area contributed by atoms with E-state index >= 15 is 0 Å². The molecule has 0 aromatic carbocycles. The molecule has 1 unspecified atom stereocenters. The minimum absolute atomic E-state index is 0. The van der Waals surface area contributed by atoms with Crippen LogP contribution in [0.1, 0.15) is 12.2 Å². The van der Waals surface area contributed by atoms with Gasteiger partial charge < -0.3 is 35.7 Å². The molecule has 5 heterocycles. The van der Waals surface area contributed by atoms with Crippen molar-refractivity contribution < 1.29 is 68.4 Å². The van der Waals surface area contributed by atoms with Gasteiger partial charge in [0.05, 0.1) is 35.6 Å². The number of fused-ring (bicyclic) bond motifs is 2. The van der Waals surface area contributed by atoms with Crippen LogP contribution in [0, 0.1) is 0 Å². The number of β-lactam (4-membered cyclic amide) rings is 1. The van der Waals surface area contributed by atoms with Crippen molar-refractivity contribution in [2.24, 2.45) is 5.16 Å². The minimum Gasteiger partial charge on any atom is -0.546 e. The van der Waals surface area contributed by atoms with Crippen molar-refractivity contribution in [3.8, 4) is 0 Å². The van der Waals surface area contributed by atoms with E-state index in [9.17, 15) is 29.4 Å². The second-order valence-electron chi connectivity index (χ2n) is 7.87. The number of oxime groups is 1. The first-order chi connectivity index (χ1) is 18.2. The molecule has 2 amide bonds. The molecular formula is C20H16N9NaO7S2. The summed E-state index contributed by atoms with van der Waals surface area (Å²) in [6.07, 6.45) is 4.97. The number of thioether (sulfide) groups is 1. The van der Waals surface area contributed by atoms with E-state index in [0.29, 0.717) is 5.65 Å². The number of aromatic nitrogens is 5. The fourth-order valence-corrected chi connectivity index (χ4v) is 5.76. The molecule has 2 aliphatic heterocycles. The largest absolute Gasteiger partial charge is 1.00 e. The van der Waals surface area contributed by atoms with Gasteiger partial charge in [-0.15, -0.1) is 16.3 Å². The maximum atomic E-state index is 13.3. The smallest absolute Gasteiger partial charge is 0.546 e. The molecule has 0 bridgehead atoms. The van der Waals surface area contributed by atoms with Crippen molar-refractivity contribution in [2.75, 3.05) is 12.3 Å². The summed E-state index contributed by atoms with van der Waals surface area (Å²) in [6.45, 7) is -0.990. The Bertz CT molecular complexity index is 1540. The number of anilines is 1. The second kappa shape index (κ2) is 11.7. The van der Waals surface area contributed by atoms with Crippen LogP contribution in [0.4, 0.5) is 5.13 Å². The number of nitrogen functional groups attached to an aromatic ring is 1. The Balaban J connectivity index is 0.00000353. The summed E-state index contributed by atoms with van der Waals surface area (Å²) in [5.74, 6) is -4.68. The van der Waals surface area contributed by atoms with Crippen LogP contribution in [0.25, 0.3) is 5.65 Å². The Morgan fingerprint density at radius 3 is 2.79 bits per heavy atom. The quantitative estimate of drug-likeness (QED) is 0.0791. The first-order valence-electron chi connectivity index (χ1n) is 10.8. The molecule has 2 atom stereocenters. The van der Waals surface area contributed by atoms with Gasteiger partial charge in [-0.2, -0.15) is 9.36 Å². The number of carbonyl (C=O) groups is 4. The number of amides is 2. The minimum atomic E-state index is -1.58. The van der Waals surface area contributed by atoms with E-state index in [-0.39, 0.29) is 64.7 Å². The van der Waals surface area contributed by atoms with Gasteiger partial charge in [0.2, 0.25) is 17.4 Å². The Labute approximate surface area is 249 Å². The predicted octanol–water partition coefficient (Wildman–Crippen LogP) is -7.02. The third-order valence-corrected chi connectivity index (χ3v) is 7.41. The maximum absolute atomic E-state index is 13.3. The summed E-state index contributed by atoms with van der Waals surface area (Å²) >= 11 is 1.91. The molecule has 196 valence electrons. The molecule has 1 saturated heterocycles. The molecular weight excluding hydrogens is 565 g/mol. The van der Waals surface area contributed by atoms with Gasteiger partial charge in [0.15, 0.2) is 17.9 Å². The first kappa shape index (κ1) is 28.4. The van der Waals surface area contributed by atoms with Gasteiger partial charge in [0.1, 0.15) is 18.1 Å². The third kappa shape index (κ3) is 5.74. The average Bonchev–Trinajstić information content (AvgIpc) is 3.48. The number of imidazole rings is 1. The number of carboxylic acids is 2. The van der Waals surface area contributed by atoms with Gasteiger partial charge in [-0.25, -0.2) is 4.57 Å². The van der Waals surface area contributed by atoms with Gasteiger partial charge in [0, 0.05) is 23.2 Å². The zero-order chi connectivity index (χ0) is 27.0. The van der Waals surface area contributed by atoms with E-state index in [2.05, 4.69) is 29.8 Å². The SMILES string of the molecule is Nc1nc(/C(=N/OCC(=O)[O-])C(=O)NC2S[C@@H]3CC(=O)N3C(C(=O)[O-])=C2C[n+]2ccn3ncccc32)ns1.[Na+]. The number of nitrogens with one attached hydrogen (secondary N) is 1. The standard InChI is InChI=1S/C20H17N9O7S2.Na/c21-20-23-16(26-38-20)14(25-36-8-13(31)32)17(33)24-18-9(7-27-4-5-28-10(27)2-1-3-22-28)15(19(34)35)29-11(30)6-12(29)37-18;/h1-5,12,18H,6-8H2,(H4-,21,23,24,26,31,32,33,34,35);/q;+1/p-1/b25-14-;/t12-,18?;/m1./s1. The molecule has 0 spiro atoms. The van der Waals surface area contributed by atoms with Crippen LogP contribution in [-0.4, -0.2) is 70.7 Å². The number of rotatable bonds is 9. The van der Waals surface area contributed by atoms with Crippen molar-refractivity contribution in [1.29, 1.82) is 0 Å². The van der Waals surface area contributed by atoms with Crippen molar-refractivity contribution in [1.82, 2.24) is 29.2 Å². The number of nitrogens with zero attached hydrogens (tertiary/aromatic N) is 7. The molecule has 19 heteroatoms. The third-order valence-electron chi connectivity index (χ3n) is 5.50. The van der Waals surface area contributed by atoms with Crippen molar-refractivity contribution >= 4 is 63.5 Å². The topological polar surface area (TPSA) is 224 Å². The van der Waals surface area contributed by atoms with Crippen LogP contribution in [0.2, 0.25) is 0 Å². The van der Waals surface area contributed by atoms with Crippen LogP contribution >= 0.6 is 23.3 Å². The van der Waals surface area contributed by atoms with Crippen molar-refractivity contribution in [2.45, 2.75) is 23.7 Å². The van der Waals surface area contributed by atoms with E-state index in [1.54, 1.807) is 39.8 Å². The predicted molar refractivity (Wildman–Crippen MR) is 124 cm³/mol. The molecule has 3 N–H and O–H groups in total. The van der Waals surface area contributed by atoms with Crippen molar-refractivity contribution in [3.05, 3.63) is 47.8 Å². The number of carboxylic acid groups (broad SMARTS) is 2. The van der Waals surface area contributed by atoms with Crippen molar-refractivity contribution in [3.63, 3.8) is 0 Å². The Morgan fingerprint density at radius 1 is 1.33 bits per heavy atom. The molecule has 0 saturated carbocycles. The van der Waals surface area contributed by atoms with Crippen LogP contribution in [0.15, 0.2) is 47.1 Å². The van der Waals surface area contributed by atoms with E-state index in [4.69, 9.17) is 5.73 Å². The number of hydrogen-bond donors (Lipinski definition) is 2. The molecule has 39 heavy (non-hydrogen) atoms. The van der Waals surface area contributed by atoms with Gasteiger partial charge >= 0.3 is 35.2 Å². The van der Waals surface area contributed by atoms with Gasteiger partial charge in [-0.3, -0.25) is 14.5 Å².